The number of ether oxygens (including phenoxy) is 2. The Balaban J connectivity index is 1.70. The second-order valence-corrected chi connectivity index (χ2v) is 6.53. The van der Waals surface area contributed by atoms with Crippen LogP contribution in [-0.2, 0) is 18.2 Å². The van der Waals surface area contributed by atoms with E-state index >= 15 is 0 Å². The number of amides is 1. The average molecular weight is 343 g/mol. The lowest BCUT2D eigenvalue weighted by atomic mass is 9.88. The van der Waals surface area contributed by atoms with E-state index in [4.69, 9.17) is 9.47 Å². The van der Waals surface area contributed by atoms with Crippen LogP contribution in [0.2, 0.25) is 0 Å². The summed E-state index contributed by atoms with van der Waals surface area (Å²) < 4.78 is 12.6. The van der Waals surface area contributed by atoms with Gasteiger partial charge in [0.2, 0.25) is 0 Å². The Bertz CT molecular complexity index is 711. The van der Waals surface area contributed by atoms with Gasteiger partial charge in [-0.1, -0.05) is 12.1 Å². The van der Waals surface area contributed by atoms with E-state index < -0.39 is 0 Å². The second kappa shape index (κ2) is 7.70. The van der Waals surface area contributed by atoms with Gasteiger partial charge >= 0.3 is 0 Å². The number of benzene rings is 1. The van der Waals surface area contributed by atoms with E-state index in [9.17, 15) is 4.79 Å². The van der Waals surface area contributed by atoms with Gasteiger partial charge in [0.15, 0.2) is 0 Å². The minimum Gasteiger partial charge on any atom is -0.497 e. The molecule has 134 valence electrons. The van der Waals surface area contributed by atoms with Crippen LogP contribution in [-0.4, -0.2) is 54.0 Å². The van der Waals surface area contributed by atoms with Crippen molar-refractivity contribution in [2.75, 3.05) is 27.3 Å². The maximum Gasteiger partial charge on any atom is 0.257 e. The zero-order valence-electron chi connectivity index (χ0n) is 15.0. The zero-order valence-corrected chi connectivity index (χ0v) is 15.0. The lowest BCUT2D eigenvalue weighted by Crippen LogP contribution is -2.47. The van der Waals surface area contributed by atoms with Crippen LogP contribution in [0.3, 0.4) is 0 Å². The number of methoxy groups -OCH3 is 2. The van der Waals surface area contributed by atoms with Crippen LogP contribution in [0.1, 0.15) is 22.3 Å². The van der Waals surface area contributed by atoms with Crippen LogP contribution >= 0.6 is 0 Å². The Kier molecular flexibility index (Phi) is 5.38. The van der Waals surface area contributed by atoms with Crippen molar-refractivity contribution < 1.29 is 14.3 Å². The molecular formula is C19H25N3O3. The Morgan fingerprint density at radius 1 is 1.28 bits per heavy atom. The minimum atomic E-state index is 0.0439. The fourth-order valence-electron chi connectivity index (χ4n) is 3.48. The molecular weight excluding hydrogens is 318 g/mol. The van der Waals surface area contributed by atoms with Crippen molar-refractivity contribution in [2.24, 2.45) is 13.0 Å². The van der Waals surface area contributed by atoms with E-state index in [1.165, 1.54) is 5.56 Å². The zero-order chi connectivity index (χ0) is 17.8. The molecule has 1 amide bonds. The van der Waals surface area contributed by atoms with Crippen LogP contribution in [0.4, 0.5) is 0 Å². The summed E-state index contributed by atoms with van der Waals surface area (Å²) in [6, 6.07) is 8.10. The molecule has 0 radical (unpaired) electrons. The van der Waals surface area contributed by atoms with Gasteiger partial charge in [0.25, 0.3) is 5.91 Å². The van der Waals surface area contributed by atoms with Crippen molar-refractivity contribution in [1.82, 2.24) is 14.7 Å². The molecule has 25 heavy (non-hydrogen) atoms. The third-order valence-electron chi connectivity index (χ3n) is 4.86. The molecule has 1 saturated heterocycles. The number of likely N-dealkylation sites (tertiary alicyclic amines) is 1. The highest BCUT2D eigenvalue weighted by Crippen LogP contribution is 2.25. The van der Waals surface area contributed by atoms with Gasteiger partial charge in [0, 0.05) is 39.4 Å². The van der Waals surface area contributed by atoms with E-state index in [-0.39, 0.29) is 17.9 Å². The predicted molar refractivity (Wildman–Crippen MR) is 94.7 cm³/mol. The van der Waals surface area contributed by atoms with Gasteiger partial charge in [-0.15, -0.1) is 0 Å². The lowest BCUT2D eigenvalue weighted by Gasteiger charge is -2.38. The number of carbonyl (C=O) groups excluding carboxylic acids is 1. The van der Waals surface area contributed by atoms with Crippen molar-refractivity contribution in [3.63, 3.8) is 0 Å². The maximum absolute atomic E-state index is 12.7. The van der Waals surface area contributed by atoms with Gasteiger partial charge in [0.1, 0.15) is 5.75 Å². The van der Waals surface area contributed by atoms with E-state index in [0.717, 1.165) is 18.6 Å². The number of aryl methyl sites for hydroxylation is 1. The van der Waals surface area contributed by atoms with Crippen molar-refractivity contribution in [3.05, 3.63) is 47.8 Å². The van der Waals surface area contributed by atoms with Gasteiger partial charge in [0.05, 0.1) is 25.0 Å². The van der Waals surface area contributed by atoms with Crippen molar-refractivity contribution in [1.29, 1.82) is 0 Å². The number of hydrogen-bond acceptors (Lipinski definition) is 4. The largest absolute Gasteiger partial charge is 0.497 e. The number of aromatic nitrogens is 2. The second-order valence-electron chi connectivity index (χ2n) is 6.53. The first kappa shape index (κ1) is 17.5. The molecule has 0 saturated carbocycles. The maximum atomic E-state index is 12.7. The minimum absolute atomic E-state index is 0.0439. The van der Waals surface area contributed by atoms with Crippen LogP contribution in [0, 0.1) is 5.92 Å². The van der Waals surface area contributed by atoms with Gasteiger partial charge < -0.3 is 14.4 Å². The van der Waals surface area contributed by atoms with Gasteiger partial charge in [-0.05, 0) is 30.5 Å². The standard InChI is InChI=1S/C19H25N3O3/c1-21-12-16(11-20-21)19(23)22-9-8-18(25-3)15(13-22)10-14-4-6-17(24-2)7-5-14/h4-7,11-12,15,18H,8-10,13H2,1-3H3/t15-,18+/m1/s1. The number of piperidine rings is 1. The molecule has 2 aromatic rings. The quantitative estimate of drug-likeness (QED) is 0.835. The Hall–Kier alpha value is -2.34. The average Bonchev–Trinajstić information content (AvgIpc) is 3.08. The van der Waals surface area contributed by atoms with Crippen molar-refractivity contribution in [3.8, 4) is 5.75 Å². The third kappa shape index (κ3) is 4.02. The molecule has 2 atom stereocenters. The van der Waals surface area contributed by atoms with Crippen LogP contribution < -0.4 is 4.74 Å². The summed E-state index contributed by atoms with van der Waals surface area (Å²) in [5, 5.41) is 4.10. The monoisotopic (exact) mass is 343 g/mol. The Labute approximate surface area is 148 Å². The summed E-state index contributed by atoms with van der Waals surface area (Å²) >= 11 is 0. The Morgan fingerprint density at radius 2 is 2.04 bits per heavy atom. The summed E-state index contributed by atoms with van der Waals surface area (Å²) in [5.74, 6) is 1.17. The summed E-state index contributed by atoms with van der Waals surface area (Å²) in [7, 11) is 5.24. The lowest BCUT2D eigenvalue weighted by molar-refractivity contribution is -0.00299. The van der Waals surface area contributed by atoms with E-state index in [0.29, 0.717) is 18.7 Å². The van der Waals surface area contributed by atoms with Crippen LogP contribution in [0.25, 0.3) is 0 Å². The predicted octanol–water partition coefficient (Wildman–Crippen LogP) is 2.15. The van der Waals surface area contributed by atoms with Gasteiger partial charge in [-0.2, -0.15) is 5.10 Å². The van der Waals surface area contributed by atoms with E-state index in [1.807, 2.05) is 24.1 Å². The van der Waals surface area contributed by atoms with Crippen molar-refractivity contribution in [2.45, 2.75) is 18.9 Å². The molecule has 1 aromatic heterocycles. The van der Waals surface area contributed by atoms with Crippen LogP contribution in [0.15, 0.2) is 36.7 Å². The third-order valence-corrected chi connectivity index (χ3v) is 4.86. The fraction of sp³-hybridized carbons (Fsp3) is 0.474. The molecule has 0 aliphatic carbocycles. The first-order chi connectivity index (χ1) is 12.1. The molecule has 1 aliphatic heterocycles. The number of hydrogen-bond donors (Lipinski definition) is 0. The normalized spacial score (nSPS) is 20.5. The topological polar surface area (TPSA) is 56.6 Å². The molecule has 0 spiro atoms. The number of nitrogens with zero attached hydrogens (tertiary/aromatic N) is 3. The van der Waals surface area contributed by atoms with Crippen LogP contribution in [0.5, 0.6) is 5.75 Å². The van der Waals surface area contributed by atoms with E-state index in [1.54, 1.807) is 31.3 Å². The molecule has 1 aromatic carbocycles. The summed E-state index contributed by atoms with van der Waals surface area (Å²) in [6.45, 7) is 1.41. The molecule has 3 rings (SSSR count). The fourth-order valence-corrected chi connectivity index (χ4v) is 3.48. The molecule has 0 N–H and O–H groups in total. The van der Waals surface area contributed by atoms with Crippen molar-refractivity contribution >= 4 is 5.91 Å². The molecule has 1 aliphatic rings. The smallest absolute Gasteiger partial charge is 0.257 e. The highest BCUT2D eigenvalue weighted by Gasteiger charge is 2.32. The molecule has 6 heteroatoms. The summed E-state index contributed by atoms with van der Waals surface area (Å²) in [4.78, 5) is 14.6. The Morgan fingerprint density at radius 3 is 2.64 bits per heavy atom. The van der Waals surface area contributed by atoms with E-state index in [2.05, 4.69) is 17.2 Å². The first-order valence-electron chi connectivity index (χ1n) is 8.54. The van der Waals surface area contributed by atoms with Gasteiger partial charge in [-0.3, -0.25) is 9.48 Å². The molecule has 6 nitrogen and oxygen atoms in total. The molecule has 2 heterocycles. The summed E-state index contributed by atoms with van der Waals surface area (Å²) in [6.07, 6.45) is 5.29. The first-order valence-corrected chi connectivity index (χ1v) is 8.54. The molecule has 0 bridgehead atoms. The molecule has 1 fully saturated rings. The SMILES string of the molecule is COc1ccc(C[C@@H]2CN(C(=O)c3cnn(C)c3)CC[C@@H]2OC)cc1. The highest BCUT2D eigenvalue weighted by atomic mass is 16.5. The highest BCUT2D eigenvalue weighted by molar-refractivity contribution is 5.93. The number of rotatable bonds is 5. The molecule has 0 unspecified atom stereocenters. The number of carbonyl (C=O) groups is 1. The van der Waals surface area contributed by atoms with Gasteiger partial charge in [-0.25, -0.2) is 0 Å². The summed E-state index contributed by atoms with van der Waals surface area (Å²) in [5.41, 5.74) is 1.87.